The number of fused-ring (bicyclic) bond motifs is 1. The largest absolute Gasteiger partial charge is 0.497 e. The van der Waals surface area contributed by atoms with Crippen LogP contribution < -0.4 is 10.3 Å². The van der Waals surface area contributed by atoms with E-state index in [1.165, 1.54) is 27.5 Å². The third-order valence-electron chi connectivity index (χ3n) is 3.43. The highest BCUT2D eigenvalue weighted by Gasteiger charge is 2.10. The maximum atomic E-state index is 11.9. The van der Waals surface area contributed by atoms with Crippen molar-refractivity contribution in [2.75, 3.05) is 14.2 Å². The molecule has 0 atom stereocenters. The van der Waals surface area contributed by atoms with Gasteiger partial charge >= 0.3 is 0 Å². The number of ether oxygens (including phenoxy) is 1. The Bertz CT molecular complexity index is 870. The smallest absolute Gasteiger partial charge is 0.275 e. The zero-order valence-electron chi connectivity index (χ0n) is 13.3. The van der Waals surface area contributed by atoms with Crippen molar-refractivity contribution in [2.24, 2.45) is 0 Å². The van der Waals surface area contributed by atoms with Crippen LogP contribution in [0.3, 0.4) is 0 Å². The van der Waals surface area contributed by atoms with E-state index in [4.69, 9.17) is 4.74 Å². The van der Waals surface area contributed by atoms with E-state index in [1.807, 2.05) is 38.2 Å². The molecule has 2 heterocycles. The van der Waals surface area contributed by atoms with Crippen molar-refractivity contribution < 1.29 is 4.74 Å². The summed E-state index contributed by atoms with van der Waals surface area (Å²) in [6.45, 7) is 3.27. The van der Waals surface area contributed by atoms with E-state index in [0.717, 1.165) is 23.0 Å². The molecule has 3 rings (SSSR count). The van der Waals surface area contributed by atoms with Gasteiger partial charge in [0.25, 0.3) is 5.56 Å². The van der Waals surface area contributed by atoms with Gasteiger partial charge in [0.1, 0.15) is 10.8 Å². The van der Waals surface area contributed by atoms with Gasteiger partial charge in [-0.25, -0.2) is 4.98 Å². The average Bonchev–Trinajstić information content (AvgIpc) is 2.90. The molecule has 120 valence electrons. The molecule has 0 spiro atoms. The van der Waals surface area contributed by atoms with Crippen LogP contribution in [0.5, 0.6) is 5.75 Å². The van der Waals surface area contributed by atoms with Crippen molar-refractivity contribution in [3.8, 4) is 5.75 Å². The van der Waals surface area contributed by atoms with E-state index in [0.29, 0.717) is 11.5 Å². The van der Waals surface area contributed by atoms with E-state index < -0.39 is 0 Å². The summed E-state index contributed by atoms with van der Waals surface area (Å²) < 4.78 is 6.53. The minimum atomic E-state index is -0.132. The summed E-state index contributed by atoms with van der Waals surface area (Å²) in [7, 11) is 3.68. The standard InChI is InChI=1S/C16H18N4O2S/c1-11-8-15(21)20-16(17-11)23-14(18-20)10-19(2)9-12-4-6-13(22-3)7-5-12/h4-8H,9-10H2,1-3H3. The number of rotatable bonds is 5. The fraction of sp³-hybridized carbons (Fsp3) is 0.312. The topological polar surface area (TPSA) is 59.7 Å². The van der Waals surface area contributed by atoms with Crippen LogP contribution in [0.2, 0.25) is 0 Å². The van der Waals surface area contributed by atoms with Crippen molar-refractivity contribution >= 4 is 16.3 Å². The minimum Gasteiger partial charge on any atom is -0.497 e. The Hall–Kier alpha value is -2.25. The van der Waals surface area contributed by atoms with Crippen LogP contribution >= 0.6 is 11.3 Å². The normalized spacial score (nSPS) is 11.3. The molecule has 0 N–H and O–H groups in total. The molecule has 0 aliphatic heterocycles. The molecule has 0 fully saturated rings. The molecule has 2 aromatic heterocycles. The SMILES string of the molecule is COc1ccc(CN(C)Cc2nn3c(=O)cc(C)nc3s2)cc1. The summed E-state index contributed by atoms with van der Waals surface area (Å²) in [5, 5.41) is 5.23. The number of hydrogen-bond donors (Lipinski definition) is 0. The van der Waals surface area contributed by atoms with E-state index in [-0.39, 0.29) is 5.56 Å². The first kappa shape index (κ1) is 15.6. The summed E-state index contributed by atoms with van der Waals surface area (Å²) in [4.78, 5) is 19.0. The molecule has 3 aromatic rings. The third-order valence-corrected chi connectivity index (χ3v) is 4.32. The predicted octanol–water partition coefficient (Wildman–Crippen LogP) is 2.10. The monoisotopic (exact) mass is 330 g/mol. The predicted molar refractivity (Wildman–Crippen MR) is 90.0 cm³/mol. The molecule has 0 aliphatic rings. The van der Waals surface area contributed by atoms with Crippen molar-refractivity contribution in [3.63, 3.8) is 0 Å². The van der Waals surface area contributed by atoms with Gasteiger partial charge in [-0.1, -0.05) is 23.5 Å². The molecule has 0 aliphatic carbocycles. The lowest BCUT2D eigenvalue weighted by molar-refractivity contribution is 0.317. The summed E-state index contributed by atoms with van der Waals surface area (Å²) in [5.74, 6) is 0.850. The maximum absolute atomic E-state index is 11.9. The Kier molecular flexibility index (Phi) is 4.40. The molecule has 1 aromatic carbocycles. The molecule has 6 nitrogen and oxygen atoms in total. The van der Waals surface area contributed by atoms with Crippen LogP contribution in [0.1, 0.15) is 16.3 Å². The van der Waals surface area contributed by atoms with Crippen LogP contribution in [0, 0.1) is 6.92 Å². The second-order valence-corrected chi connectivity index (χ2v) is 6.49. The lowest BCUT2D eigenvalue weighted by Crippen LogP contribution is -2.18. The number of aryl methyl sites for hydroxylation is 1. The fourth-order valence-corrected chi connectivity index (χ4v) is 3.38. The van der Waals surface area contributed by atoms with Crippen molar-refractivity contribution in [3.05, 3.63) is 57.0 Å². The van der Waals surface area contributed by atoms with Crippen LogP contribution in [-0.4, -0.2) is 33.7 Å². The first-order valence-electron chi connectivity index (χ1n) is 7.23. The minimum absolute atomic E-state index is 0.132. The van der Waals surface area contributed by atoms with Gasteiger partial charge in [-0.2, -0.15) is 9.61 Å². The van der Waals surface area contributed by atoms with Gasteiger partial charge in [-0.05, 0) is 31.7 Å². The molecule has 7 heteroatoms. The second-order valence-electron chi connectivity index (χ2n) is 5.45. The number of hydrogen-bond acceptors (Lipinski definition) is 6. The summed E-state index contributed by atoms with van der Waals surface area (Å²) in [6.07, 6.45) is 0. The van der Waals surface area contributed by atoms with Crippen molar-refractivity contribution in [2.45, 2.75) is 20.0 Å². The van der Waals surface area contributed by atoms with Crippen LogP contribution in [0.25, 0.3) is 4.96 Å². The lowest BCUT2D eigenvalue weighted by atomic mass is 10.2. The quantitative estimate of drug-likeness (QED) is 0.717. The van der Waals surface area contributed by atoms with Crippen molar-refractivity contribution in [1.82, 2.24) is 19.5 Å². The van der Waals surface area contributed by atoms with Gasteiger partial charge in [0.15, 0.2) is 0 Å². The molecule has 23 heavy (non-hydrogen) atoms. The Morgan fingerprint density at radius 1 is 1.26 bits per heavy atom. The van der Waals surface area contributed by atoms with E-state index in [2.05, 4.69) is 15.0 Å². The maximum Gasteiger partial charge on any atom is 0.275 e. The number of aromatic nitrogens is 3. The lowest BCUT2D eigenvalue weighted by Gasteiger charge is -2.14. The fourth-order valence-electron chi connectivity index (χ4n) is 2.35. The first-order chi connectivity index (χ1) is 11.0. The van der Waals surface area contributed by atoms with Gasteiger partial charge < -0.3 is 4.74 Å². The number of benzene rings is 1. The van der Waals surface area contributed by atoms with Gasteiger partial charge in [0.05, 0.1) is 13.7 Å². The number of nitrogens with zero attached hydrogens (tertiary/aromatic N) is 4. The second kappa shape index (κ2) is 6.47. The Morgan fingerprint density at radius 2 is 2.00 bits per heavy atom. The Morgan fingerprint density at radius 3 is 2.70 bits per heavy atom. The highest BCUT2D eigenvalue weighted by Crippen LogP contribution is 2.16. The summed E-state index contributed by atoms with van der Waals surface area (Å²) in [6, 6.07) is 9.49. The average molecular weight is 330 g/mol. The first-order valence-corrected chi connectivity index (χ1v) is 8.04. The molecule has 0 amide bonds. The molecule has 0 unspecified atom stereocenters. The molecular weight excluding hydrogens is 312 g/mol. The highest BCUT2D eigenvalue weighted by molar-refractivity contribution is 7.16. The molecule has 0 bridgehead atoms. The van der Waals surface area contributed by atoms with Crippen LogP contribution in [0.15, 0.2) is 35.1 Å². The van der Waals surface area contributed by atoms with E-state index >= 15 is 0 Å². The molecular formula is C16H18N4O2S. The zero-order chi connectivity index (χ0) is 16.4. The van der Waals surface area contributed by atoms with Crippen LogP contribution in [0.4, 0.5) is 0 Å². The van der Waals surface area contributed by atoms with Gasteiger partial charge in [0, 0.05) is 18.3 Å². The zero-order valence-corrected chi connectivity index (χ0v) is 14.1. The van der Waals surface area contributed by atoms with E-state index in [9.17, 15) is 4.79 Å². The molecule has 0 saturated heterocycles. The summed E-state index contributed by atoms with van der Waals surface area (Å²) >= 11 is 1.45. The van der Waals surface area contributed by atoms with Crippen LogP contribution in [-0.2, 0) is 13.1 Å². The van der Waals surface area contributed by atoms with Gasteiger partial charge in [-0.15, -0.1) is 0 Å². The van der Waals surface area contributed by atoms with E-state index in [1.54, 1.807) is 7.11 Å². The highest BCUT2D eigenvalue weighted by atomic mass is 32.1. The molecule has 0 saturated carbocycles. The molecule has 0 radical (unpaired) electrons. The summed E-state index contributed by atoms with van der Waals surface area (Å²) in [5.41, 5.74) is 1.78. The van der Waals surface area contributed by atoms with Crippen molar-refractivity contribution in [1.29, 1.82) is 0 Å². The Balaban J connectivity index is 1.73. The Labute approximate surface area is 138 Å². The third kappa shape index (κ3) is 3.57. The van der Waals surface area contributed by atoms with Gasteiger partial charge in [0.2, 0.25) is 4.96 Å². The number of methoxy groups -OCH3 is 1. The van der Waals surface area contributed by atoms with Gasteiger partial charge in [-0.3, -0.25) is 9.69 Å².